The maximum Gasteiger partial charge on any atom is 0.328 e. The van der Waals surface area contributed by atoms with Crippen LogP contribution >= 0.6 is 0 Å². The largest absolute Gasteiger partial charge is 0.466 e. The zero-order chi connectivity index (χ0) is 30.1. The van der Waals surface area contributed by atoms with Crippen molar-refractivity contribution >= 4 is 40.1 Å². The molecule has 41 heavy (non-hydrogen) atoms. The van der Waals surface area contributed by atoms with Gasteiger partial charge in [-0.15, -0.1) is 0 Å². The predicted molar refractivity (Wildman–Crippen MR) is 151 cm³/mol. The highest BCUT2D eigenvalue weighted by molar-refractivity contribution is 6.00. The lowest BCUT2D eigenvalue weighted by atomic mass is 10.1. The van der Waals surface area contributed by atoms with E-state index in [4.69, 9.17) is 9.47 Å². The molecule has 0 spiro atoms. The summed E-state index contributed by atoms with van der Waals surface area (Å²) in [6.07, 6.45) is -0.247. The molecule has 1 aromatic heterocycles. The maximum atomic E-state index is 13.1. The second-order valence-electron chi connectivity index (χ2n) is 9.10. The lowest BCUT2D eigenvalue weighted by Gasteiger charge is -2.24. The summed E-state index contributed by atoms with van der Waals surface area (Å²) in [6, 6.07) is 8.28. The Bertz CT molecular complexity index is 1500. The first kappa shape index (κ1) is 30.7. The van der Waals surface area contributed by atoms with Crippen molar-refractivity contribution in [2.45, 2.75) is 53.1 Å². The van der Waals surface area contributed by atoms with Crippen molar-refractivity contribution in [3.63, 3.8) is 0 Å². The van der Waals surface area contributed by atoms with Crippen molar-refractivity contribution in [2.24, 2.45) is 0 Å². The Morgan fingerprint density at radius 1 is 1.10 bits per heavy atom. The van der Waals surface area contributed by atoms with Gasteiger partial charge in [-0.2, -0.15) is 0 Å². The molecule has 0 saturated carbocycles. The highest BCUT2D eigenvalue weighted by Gasteiger charge is 2.28. The Kier molecular flexibility index (Phi) is 10.5. The van der Waals surface area contributed by atoms with E-state index >= 15 is 0 Å². The number of anilines is 1. The summed E-state index contributed by atoms with van der Waals surface area (Å²) in [5.41, 5.74) is 0.870. The topological polar surface area (TPSA) is 174 Å². The smallest absolute Gasteiger partial charge is 0.328 e. The number of carbonyl (C=O) groups excluding carboxylic acids is 3. The van der Waals surface area contributed by atoms with Crippen molar-refractivity contribution in [1.29, 1.82) is 0 Å². The van der Waals surface area contributed by atoms with Gasteiger partial charge in [0.15, 0.2) is 0 Å². The molecule has 13 nitrogen and oxygen atoms in total. The minimum absolute atomic E-state index is 0.0497. The minimum Gasteiger partial charge on any atom is -0.466 e. The van der Waals surface area contributed by atoms with Crippen LogP contribution < -0.4 is 15.8 Å². The molecule has 0 bridgehead atoms. The fraction of sp³-hybridized carbons (Fsp3) is 0.393. The van der Waals surface area contributed by atoms with Gasteiger partial charge in [-0.1, -0.05) is 6.07 Å². The van der Waals surface area contributed by atoms with Crippen LogP contribution in [0.4, 0.5) is 11.4 Å². The van der Waals surface area contributed by atoms with Crippen LogP contribution in [0.2, 0.25) is 0 Å². The third-order valence-electron chi connectivity index (χ3n) is 6.25. The van der Waals surface area contributed by atoms with Crippen LogP contribution in [0, 0.1) is 17.0 Å². The first-order valence-corrected chi connectivity index (χ1v) is 13.2. The van der Waals surface area contributed by atoms with E-state index in [0.29, 0.717) is 35.5 Å². The number of nitro groups is 1. The maximum absolute atomic E-state index is 13.1. The van der Waals surface area contributed by atoms with Gasteiger partial charge < -0.3 is 24.7 Å². The lowest BCUT2D eigenvalue weighted by Crippen LogP contribution is -2.42. The Morgan fingerprint density at radius 3 is 2.49 bits per heavy atom. The molecule has 0 fully saturated rings. The summed E-state index contributed by atoms with van der Waals surface area (Å²) in [5, 5.41) is 14.9. The molecule has 0 radical (unpaired) electrons. The van der Waals surface area contributed by atoms with Gasteiger partial charge in [-0.05, 0) is 63.9 Å². The number of aromatic nitrogens is 2. The minimum atomic E-state index is -1.20. The summed E-state index contributed by atoms with van der Waals surface area (Å²) >= 11 is 0. The molecule has 0 saturated heterocycles. The molecule has 3 rings (SSSR count). The standard InChI is InChI=1S/C28H33N5O8/c1-5-32(16-18-8-11-22-21(14-18)27(36)30-17(4)29-22)19-9-10-20(24(15-19)33(38)39)26(35)31-23(28(37)41-7-3)12-13-25(34)40-6-2/h8-11,14-15,23H,5-7,12-13,16H2,1-4H3,(H,31,35)(H,29,30,36)/t23-/m1/s1. The molecule has 3 aromatic rings. The van der Waals surface area contributed by atoms with E-state index in [1.807, 2.05) is 17.9 Å². The third-order valence-corrected chi connectivity index (χ3v) is 6.25. The fourth-order valence-electron chi connectivity index (χ4n) is 4.29. The number of rotatable bonds is 13. The van der Waals surface area contributed by atoms with Crippen LogP contribution in [0.3, 0.4) is 0 Å². The number of hydrogen-bond donors (Lipinski definition) is 2. The first-order valence-electron chi connectivity index (χ1n) is 13.2. The van der Waals surface area contributed by atoms with E-state index in [9.17, 15) is 29.3 Å². The Morgan fingerprint density at radius 2 is 1.83 bits per heavy atom. The summed E-state index contributed by atoms with van der Waals surface area (Å²) in [7, 11) is 0. The molecule has 0 aliphatic rings. The number of H-pyrrole nitrogens is 1. The van der Waals surface area contributed by atoms with Crippen LogP contribution in [0.1, 0.15) is 55.4 Å². The summed E-state index contributed by atoms with van der Waals surface area (Å²) in [6.45, 7) is 7.84. The van der Waals surface area contributed by atoms with Crippen molar-refractivity contribution < 1.29 is 28.8 Å². The van der Waals surface area contributed by atoms with Crippen molar-refractivity contribution in [3.05, 3.63) is 73.8 Å². The van der Waals surface area contributed by atoms with Crippen LogP contribution in [-0.2, 0) is 25.6 Å². The van der Waals surface area contributed by atoms with E-state index < -0.39 is 34.5 Å². The van der Waals surface area contributed by atoms with Gasteiger partial charge in [-0.3, -0.25) is 24.5 Å². The normalized spacial score (nSPS) is 11.5. The number of hydrogen-bond acceptors (Lipinski definition) is 10. The quantitative estimate of drug-likeness (QED) is 0.177. The van der Waals surface area contributed by atoms with Crippen molar-refractivity contribution in [3.8, 4) is 0 Å². The summed E-state index contributed by atoms with van der Waals surface area (Å²) in [5.74, 6) is -1.66. The monoisotopic (exact) mass is 567 g/mol. The molecule has 0 aliphatic carbocycles. The molecule has 218 valence electrons. The van der Waals surface area contributed by atoms with Gasteiger partial charge in [0.25, 0.3) is 17.2 Å². The highest BCUT2D eigenvalue weighted by Crippen LogP contribution is 2.27. The molecule has 1 amide bonds. The number of nitrogens with zero attached hydrogens (tertiary/aromatic N) is 3. The van der Waals surface area contributed by atoms with E-state index in [1.54, 1.807) is 39.0 Å². The number of benzene rings is 2. The number of nitrogens with one attached hydrogen (secondary N) is 2. The zero-order valence-electron chi connectivity index (χ0n) is 23.4. The SMILES string of the molecule is CCOC(=O)CC[C@@H](NC(=O)c1ccc(N(CC)Cc2ccc3nc(C)[nH]c(=O)c3c2)cc1[N+](=O)[O-])C(=O)OCC. The summed E-state index contributed by atoms with van der Waals surface area (Å²) < 4.78 is 9.88. The fourth-order valence-corrected chi connectivity index (χ4v) is 4.29. The number of fused-ring (bicyclic) bond motifs is 1. The van der Waals surface area contributed by atoms with Gasteiger partial charge in [0, 0.05) is 31.3 Å². The molecule has 1 heterocycles. The third kappa shape index (κ3) is 7.87. The zero-order valence-corrected chi connectivity index (χ0v) is 23.4. The number of aryl methyl sites for hydroxylation is 1. The number of aromatic amines is 1. The second kappa shape index (κ2) is 14.0. The van der Waals surface area contributed by atoms with Crippen molar-refractivity contribution in [1.82, 2.24) is 15.3 Å². The Balaban J connectivity index is 1.85. The molecule has 1 atom stereocenters. The molecule has 0 aliphatic heterocycles. The van der Waals surface area contributed by atoms with Gasteiger partial charge in [0.1, 0.15) is 17.4 Å². The molecule has 13 heteroatoms. The molecule has 2 N–H and O–H groups in total. The van der Waals surface area contributed by atoms with Crippen LogP contribution in [0.5, 0.6) is 0 Å². The Hall–Kier alpha value is -4.81. The van der Waals surface area contributed by atoms with Gasteiger partial charge in [0.05, 0.1) is 29.0 Å². The average Bonchev–Trinajstić information content (AvgIpc) is 2.93. The highest BCUT2D eigenvalue weighted by atomic mass is 16.6. The van der Waals surface area contributed by atoms with E-state index in [0.717, 1.165) is 5.56 Å². The number of carbonyl (C=O) groups is 3. The number of nitro benzene ring substituents is 1. The molecule has 2 aromatic carbocycles. The summed E-state index contributed by atoms with van der Waals surface area (Å²) in [4.78, 5) is 69.8. The predicted octanol–water partition coefficient (Wildman–Crippen LogP) is 3.17. The van der Waals surface area contributed by atoms with Crippen LogP contribution in [0.15, 0.2) is 41.2 Å². The van der Waals surface area contributed by atoms with Crippen molar-refractivity contribution in [2.75, 3.05) is 24.7 Å². The number of ether oxygens (including phenoxy) is 2. The average molecular weight is 568 g/mol. The molecule has 0 unspecified atom stereocenters. The Labute approximate surface area is 236 Å². The van der Waals surface area contributed by atoms with E-state index in [1.165, 1.54) is 12.1 Å². The number of amides is 1. The van der Waals surface area contributed by atoms with Crippen LogP contribution in [-0.4, -0.2) is 58.5 Å². The number of esters is 2. The van der Waals surface area contributed by atoms with Gasteiger partial charge in [-0.25, -0.2) is 9.78 Å². The van der Waals surface area contributed by atoms with Crippen LogP contribution in [0.25, 0.3) is 10.9 Å². The van der Waals surface area contributed by atoms with Gasteiger partial charge in [0.2, 0.25) is 0 Å². The lowest BCUT2D eigenvalue weighted by molar-refractivity contribution is -0.385. The second-order valence-corrected chi connectivity index (χ2v) is 9.10. The van der Waals surface area contributed by atoms with E-state index in [-0.39, 0.29) is 37.2 Å². The van der Waals surface area contributed by atoms with Gasteiger partial charge >= 0.3 is 11.9 Å². The molecular formula is C28H33N5O8. The first-order chi connectivity index (χ1) is 19.6. The molecular weight excluding hydrogens is 534 g/mol. The van der Waals surface area contributed by atoms with E-state index in [2.05, 4.69) is 15.3 Å².